The summed E-state index contributed by atoms with van der Waals surface area (Å²) in [6.45, 7) is 1.79. The normalized spacial score (nSPS) is 10.4. The summed E-state index contributed by atoms with van der Waals surface area (Å²) in [5.41, 5.74) is 5.59. The van der Waals surface area contributed by atoms with E-state index in [0.717, 1.165) is 39.4 Å². The average molecular weight is 459 g/mol. The van der Waals surface area contributed by atoms with Gasteiger partial charge in [-0.05, 0) is 55.5 Å². The first-order valence-corrected chi connectivity index (χ1v) is 10.3. The Bertz CT molecular complexity index is 1370. The number of hydrogen-bond acceptors (Lipinski definition) is 5. The molecule has 0 fully saturated rings. The highest BCUT2D eigenvalue weighted by Gasteiger charge is 2.08. The van der Waals surface area contributed by atoms with Crippen LogP contribution in [0, 0.1) is 6.92 Å². The van der Waals surface area contributed by atoms with E-state index in [2.05, 4.69) is 19.9 Å². The van der Waals surface area contributed by atoms with Gasteiger partial charge in [0.05, 0.1) is 16.7 Å². The second-order valence-electron chi connectivity index (χ2n) is 7.08. The molecule has 5 aromatic rings. The number of nitrogens with one attached hydrogen (secondary N) is 1. The standard InChI is InChI=1S/C24H17ClN4O.CH2O2/c1-15-2-7-19(8-3-15)30-23-11-5-16(13-27-23)20-9-4-17(14-26-20)24-28-21-10-6-18(25)12-22(21)29-24;2-1-3/h2-14H,1H3,(H,28,29);1H,(H,2,3). The lowest BCUT2D eigenvalue weighted by Gasteiger charge is -2.06. The topological polar surface area (TPSA) is 101 Å². The lowest BCUT2D eigenvalue weighted by atomic mass is 10.1. The van der Waals surface area contributed by atoms with E-state index in [0.29, 0.717) is 10.9 Å². The molecule has 0 amide bonds. The molecule has 0 bridgehead atoms. The van der Waals surface area contributed by atoms with Gasteiger partial charge in [-0.25, -0.2) is 9.97 Å². The molecule has 33 heavy (non-hydrogen) atoms. The molecule has 3 heterocycles. The van der Waals surface area contributed by atoms with Crippen molar-refractivity contribution in [3.63, 3.8) is 0 Å². The largest absolute Gasteiger partial charge is 0.483 e. The SMILES string of the molecule is Cc1ccc(Oc2ccc(-c3ccc(-c4nc5ccc(Cl)cc5[nH]4)cn3)cn2)cc1.O=CO. The Morgan fingerprint density at radius 3 is 2.33 bits per heavy atom. The molecule has 0 unspecified atom stereocenters. The Morgan fingerprint density at radius 1 is 0.939 bits per heavy atom. The predicted molar refractivity (Wildman–Crippen MR) is 128 cm³/mol. The van der Waals surface area contributed by atoms with Gasteiger partial charge in [0.2, 0.25) is 5.88 Å². The van der Waals surface area contributed by atoms with Crippen molar-refractivity contribution < 1.29 is 14.6 Å². The first kappa shape index (κ1) is 22.0. The minimum absolute atomic E-state index is 0.250. The van der Waals surface area contributed by atoms with E-state index in [1.54, 1.807) is 12.4 Å². The lowest BCUT2D eigenvalue weighted by Crippen LogP contribution is -1.90. The molecule has 0 radical (unpaired) electrons. The van der Waals surface area contributed by atoms with Crippen LogP contribution in [-0.2, 0) is 4.79 Å². The van der Waals surface area contributed by atoms with Crippen molar-refractivity contribution in [2.24, 2.45) is 0 Å². The number of H-pyrrole nitrogens is 1. The predicted octanol–water partition coefficient (Wildman–Crippen LogP) is 6.14. The van der Waals surface area contributed by atoms with E-state index >= 15 is 0 Å². The number of ether oxygens (including phenoxy) is 1. The first-order valence-electron chi connectivity index (χ1n) is 9.96. The van der Waals surface area contributed by atoms with E-state index < -0.39 is 0 Å². The van der Waals surface area contributed by atoms with Gasteiger partial charge < -0.3 is 14.8 Å². The average Bonchev–Trinajstić information content (AvgIpc) is 3.25. The number of nitrogens with zero attached hydrogens (tertiary/aromatic N) is 3. The maximum absolute atomic E-state index is 8.36. The van der Waals surface area contributed by atoms with Crippen LogP contribution < -0.4 is 4.74 Å². The molecular weight excluding hydrogens is 440 g/mol. The molecule has 0 saturated carbocycles. The summed E-state index contributed by atoms with van der Waals surface area (Å²) >= 11 is 6.05. The molecule has 2 N–H and O–H groups in total. The molecule has 3 aromatic heterocycles. The molecule has 0 spiro atoms. The number of rotatable bonds is 4. The smallest absolute Gasteiger partial charge is 0.290 e. The van der Waals surface area contributed by atoms with Gasteiger partial charge in [-0.15, -0.1) is 0 Å². The fourth-order valence-electron chi connectivity index (χ4n) is 3.14. The van der Waals surface area contributed by atoms with Gasteiger partial charge in [0.15, 0.2) is 0 Å². The number of fused-ring (bicyclic) bond motifs is 1. The Labute approximate surface area is 194 Å². The fraction of sp³-hybridized carbons (Fsp3) is 0.0400. The van der Waals surface area contributed by atoms with Crippen molar-refractivity contribution in [1.82, 2.24) is 19.9 Å². The van der Waals surface area contributed by atoms with Crippen LogP contribution in [0.25, 0.3) is 33.7 Å². The van der Waals surface area contributed by atoms with Crippen LogP contribution >= 0.6 is 11.6 Å². The Hall–Kier alpha value is -4.23. The lowest BCUT2D eigenvalue weighted by molar-refractivity contribution is -0.122. The van der Waals surface area contributed by atoms with Gasteiger partial charge in [0, 0.05) is 34.6 Å². The zero-order chi connectivity index (χ0) is 23.2. The van der Waals surface area contributed by atoms with Crippen LogP contribution in [0.3, 0.4) is 0 Å². The first-order chi connectivity index (χ1) is 16.1. The molecule has 0 aliphatic rings. The van der Waals surface area contributed by atoms with Crippen molar-refractivity contribution in [3.8, 4) is 34.3 Å². The molecule has 2 aromatic carbocycles. The number of aromatic amines is 1. The quantitative estimate of drug-likeness (QED) is 0.313. The van der Waals surface area contributed by atoms with Crippen LogP contribution in [0.2, 0.25) is 5.02 Å². The zero-order valence-electron chi connectivity index (χ0n) is 17.6. The number of aryl methyl sites for hydroxylation is 1. The molecule has 164 valence electrons. The Kier molecular flexibility index (Phi) is 6.61. The second-order valence-corrected chi connectivity index (χ2v) is 7.52. The van der Waals surface area contributed by atoms with Crippen LogP contribution in [-0.4, -0.2) is 31.5 Å². The van der Waals surface area contributed by atoms with Crippen LogP contribution in [0.5, 0.6) is 11.6 Å². The van der Waals surface area contributed by atoms with Gasteiger partial charge in [-0.1, -0.05) is 29.3 Å². The van der Waals surface area contributed by atoms with Gasteiger partial charge in [-0.3, -0.25) is 9.78 Å². The molecule has 8 heteroatoms. The van der Waals surface area contributed by atoms with Gasteiger partial charge in [-0.2, -0.15) is 0 Å². The van der Waals surface area contributed by atoms with Crippen molar-refractivity contribution >= 4 is 29.1 Å². The number of imidazole rings is 1. The summed E-state index contributed by atoms with van der Waals surface area (Å²) in [6.07, 6.45) is 3.56. The molecule has 0 saturated heterocycles. The van der Waals surface area contributed by atoms with Gasteiger partial charge in [0.25, 0.3) is 6.47 Å². The van der Waals surface area contributed by atoms with E-state index in [4.69, 9.17) is 26.2 Å². The highest BCUT2D eigenvalue weighted by molar-refractivity contribution is 6.31. The summed E-state index contributed by atoms with van der Waals surface area (Å²) in [4.78, 5) is 25.2. The summed E-state index contributed by atoms with van der Waals surface area (Å²) in [5.74, 6) is 2.06. The Balaban J connectivity index is 0.000000821. The van der Waals surface area contributed by atoms with Crippen molar-refractivity contribution in [1.29, 1.82) is 0 Å². The number of benzene rings is 2. The second kappa shape index (κ2) is 9.93. The van der Waals surface area contributed by atoms with E-state index in [9.17, 15) is 0 Å². The third kappa shape index (κ3) is 5.34. The third-order valence-corrected chi connectivity index (χ3v) is 4.99. The van der Waals surface area contributed by atoms with Gasteiger partial charge in [0.1, 0.15) is 11.6 Å². The molecule has 5 rings (SSSR count). The zero-order valence-corrected chi connectivity index (χ0v) is 18.3. The number of carboxylic acid groups (broad SMARTS) is 1. The highest BCUT2D eigenvalue weighted by Crippen LogP contribution is 2.26. The number of carbonyl (C=O) groups is 1. The summed E-state index contributed by atoms with van der Waals surface area (Å²) in [5, 5.41) is 7.56. The molecule has 0 aliphatic carbocycles. The summed E-state index contributed by atoms with van der Waals surface area (Å²) in [7, 11) is 0. The number of pyridine rings is 2. The van der Waals surface area contributed by atoms with Crippen LogP contribution in [0.15, 0.2) is 79.1 Å². The third-order valence-electron chi connectivity index (χ3n) is 4.76. The highest BCUT2D eigenvalue weighted by atomic mass is 35.5. The monoisotopic (exact) mass is 458 g/mol. The van der Waals surface area contributed by atoms with Crippen LogP contribution in [0.1, 0.15) is 5.56 Å². The molecule has 0 atom stereocenters. The Morgan fingerprint density at radius 2 is 1.67 bits per heavy atom. The maximum Gasteiger partial charge on any atom is 0.290 e. The number of halogens is 1. The van der Waals surface area contributed by atoms with E-state index in [1.807, 2.05) is 73.7 Å². The number of aromatic nitrogens is 4. The minimum atomic E-state index is -0.250. The maximum atomic E-state index is 8.36. The molecule has 7 nitrogen and oxygen atoms in total. The van der Waals surface area contributed by atoms with Crippen LogP contribution in [0.4, 0.5) is 0 Å². The van der Waals surface area contributed by atoms with Crippen molar-refractivity contribution in [3.05, 3.63) is 89.7 Å². The fourth-order valence-corrected chi connectivity index (χ4v) is 3.31. The molecular formula is C25H19ClN4O3. The van der Waals surface area contributed by atoms with E-state index in [-0.39, 0.29) is 6.47 Å². The summed E-state index contributed by atoms with van der Waals surface area (Å²) in [6, 6.07) is 21.2. The number of hydrogen-bond donors (Lipinski definition) is 2. The van der Waals surface area contributed by atoms with Gasteiger partial charge >= 0.3 is 0 Å². The van der Waals surface area contributed by atoms with E-state index in [1.165, 1.54) is 5.56 Å². The van der Waals surface area contributed by atoms with Crippen molar-refractivity contribution in [2.45, 2.75) is 6.92 Å². The minimum Gasteiger partial charge on any atom is -0.483 e. The molecule has 0 aliphatic heterocycles. The summed E-state index contributed by atoms with van der Waals surface area (Å²) < 4.78 is 5.79. The van der Waals surface area contributed by atoms with Crippen molar-refractivity contribution in [2.75, 3.05) is 0 Å².